The zero-order valence-electron chi connectivity index (χ0n) is 27.6. The second-order valence-corrected chi connectivity index (χ2v) is 12.2. The summed E-state index contributed by atoms with van der Waals surface area (Å²) < 4.78 is 8.81. The number of furan rings is 1. The molecule has 0 bridgehead atoms. The van der Waals surface area contributed by atoms with Crippen LogP contribution in [0, 0.1) is 0 Å². The van der Waals surface area contributed by atoms with Gasteiger partial charge in [-0.1, -0.05) is 110 Å². The molecular weight excluding hydrogens is 601 g/mol. The topological polar surface area (TPSA) is 68.8 Å². The van der Waals surface area contributed by atoms with Gasteiger partial charge < -0.3 is 14.7 Å². The Labute approximate surface area is 285 Å². The van der Waals surface area contributed by atoms with Crippen LogP contribution in [0.4, 0.5) is 0 Å². The SMILES string of the molecule is C/C=C(\CC)C(N)=NC(=NCc1ccccc1)c1cccc2oc3ccc(-n4c5ccccc5c5cc(-c6ccccc6)ccc54)cc3c12. The van der Waals surface area contributed by atoms with Crippen LogP contribution >= 0.6 is 0 Å². The number of allylic oxidation sites excluding steroid dienone is 1. The van der Waals surface area contributed by atoms with Gasteiger partial charge in [-0.2, -0.15) is 0 Å². The molecule has 0 saturated heterocycles. The molecule has 2 heterocycles. The number of rotatable bonds is 7. The van der Waals surface area contributed by atoms with E-state index in [1.165, 1.54) is 21.9 Å². The molecule has 2 N–H and O–H groups in total. The highest BCUT2D eigenvalue weighted by Crippen LogP contribution is 2.38. The summed E-state index contributed by atoms with van der Waals surface area (Å²) in [5, 5.41) is 4.39. The first-order valence-electron chi connectivity index (χ1n) is 16.8. The largest absolute Gasteiger partial charge is 0.456 e. The summed E-state index contributed by atoms with van der Waals surface area (Å²) in [6.07, 6.45) is 2.80. The molecule has 0 spiro atoms. The number of nitrogens with zero attached hydrogens (tertiary/aromatic N) is 3. The molecule has 5 heteroatoms. The maximum atomic E-state index is 6.59. The number of para-hydroxylation sites is 1. The fourth-order valence-electron chi connectivity index (χ4n) is 6.85. The molecule has 2 aromatic heterocycles. The van der Waals surface area contributed by atoms with Gasteiger partial charge in [-0.15, -0.1) is 0 Å². The van der Waals surface area contributed by atoms with Gasteiger partial charge in [0.2, 0.25) is 0 Å². The zero-order chi connectivity index (χ0) is 33.3. The predicted octanol–water partition coefficient (Wildman–Crippen LogP) is 11.0. The lowest BCUT2D eigenvalue weighted by atomic mass is 10.0. The van der Waals surface area contributed by atoms with Crippen molar-refractivity contribution in [3.8, 4) is 16.8 Å². The van der Waals surface area contributed by atoms with E-state index >= 15 is 0 Å². The molecular formula is C44H36N4O. The van der Waals surface area contributed by atoms with E-state index in [0.29, 0.717) is 18.2 Å². The fourth-order valence-corrected chi connectivity index (χ4v) is 6.85. The van der Waals surface area contributed by atoms with Crippen LogP contribution in [0.1, 0.15) is 31.4 Å². The van der Waals surface area contributed by atoms with Crippen LogP contribution in [0.25, 0.3) is 60.6 Å². The van der Waals surface area contributed by atoms with Gasteiger partial charge in [0.1, 0.15) is 17.0 Å². The normalized spacial score (nSPS) is 12.9. The quantitative estimate of drug-likeness (QED) is 0.140. The Bertz CT molecular complexity index is 2570. The zero-order valence-corrected chi connectivity index (χ0v) is 27.6. The molecule has 6 aromatic carbocycles. The second-order valence-electron chi connectivity index (χ2n) is 12.2. The van der Waals surface area contributed by atoms with Crippen molar-refractivity contribution in [2.24, 2.45) is 15.7 Å². The van der Waals surface area contributed by atoms with E-state index in [1.54, 1.807) is 0 Å². The summed E-state index contributed by atoms with van der Waals surface area (Å²) in [6, 6.07) is 48.7. The predicted molar refractivity (Wildman–Crippen MR) is 206 cm³/mol. The van der Waals surface area contributed by atoms with Crippen LogP contribution in [-0.4, -0.2) is 16.2 Å². The van der Waals surface area contributed by atoms with E-state index < -0.39 is 0 Å². The van der Waals surface area contributed by atoms with E-state index in [4.69, 9.17) is 20.1 Å². The van der Waals surface area contributed by atoms with Crippen molar-refractivity contribution in [2.45, 2.75) is 26.8 Å². The molecule has 238 valence electrons. The van der Waals surface area contributed by atoms with Gasteiger partial charge in [0.05, 0.1) is 17.6 Å². The number of hydrogen-bond donors (Lipinski definition) is 1. The van der Waals surface area contributed by atoms with Crippen LogP contribution in [0.5, 0.6) is 0 Å². The van der Waals surface area contributed by atoms with Crippen LogP contribution in [0.2, 0.25) is 0 Å². The molecule has 0 fully saturated rings. The summed E-state index contributed by atoms with van der Waals surface area (Å²) in [5.41, 5.74) is 16.9. The third-order valence-electron chi connectivity index (χ3n) is 9.30. The number of aromatic nitrogens is 1. The van der Waals surface area contributed by atoms with Crippen LogP contribution in [0.3, 0.4) is 0 Å². The third kappa shape index (κ3) is 5.49. The van der Waals surface area contributed by atoms with Crippen LogP contribution in [0.15, 0.2) is 166 Å². The highest BCUT2D eigenvalue weighted by molar-refractivity contribution is 6.21. The fraction of sp³-hybridized carbons (Fsp3) is 0.0909. The molecule has 5 nitrogen and oxygen atoms in total. The molecule has 0 atom stereocenters. The molecule has 0 aliphatic heterocycles. The molecule has 0 unspecified atom stereocenters. The lowest BCUT2D eigenvalue weighted by Gasteiger charge is -2.10. The minimum absolute atomic E-state index is 0.474. The van der Waals surface area contributed by atoms with Gasteiger partial charge in [0.25, 0.3) is 0 Å². The molecule has 0 saturated carbocycles. The second kappa shape index (κ2) is 12.8. The maximum Gasteiger partial charge on any atom is 0.158 e. The Morgan fingerprint density at radius 3 is 2.24 bits per heavy atom. The molecule has 8 rings (SSSR count). The number of amidine groups is 2. The molecule has 0 aliphatic carbocycles. The van der Waals surface area contributed by atoms with Crippen LogP contribution in [-0.2, 0) is 6.54 Å². The summed E-state index contributed by atoms with van der Waals surface area (Å²) in [7, 11) is 0. The highest BCUT2D eigenvalue weighted by Gasteiger charge is 2.19. The number of benzene rings is 6. The van der Waals surface area contributed by atoms with E-state index in [1.807, 2.05) is 43.3 Å². The Balaban J connectivity index is 1.33. The smallest absolute Gasteiger partial charge is 0.158 e. The van der Waals surface area contributed by atoms with Gasteiger partial charge in [-0.25, -0.2) is 4.99 Å². The highest BCUT2D eigenvalue weighted by atomic mass is 16.3. The summed E-state index contributed by atoms with van der Waals surface area (Å²) in [4.78, 5) is 10.0. The lowest BCUT2D eigenvalue weighted by molar-refractivity contribution is 0.669. The van der Waals surface area contributed by atoms with E-state index in [0.717, 1.165) is 61.8 Å². The maximum absolute atomic E-state index is 6.59. The number of fused-ring (bicyclic) bond motifs is 6. The minimum Gasteiger partial charge on any atom is -0.456 e. The number of hydrogen-bond acceptors (Lipinski definition) is 2. The van der Waals surface area contributed by atoms with Gasteiger partial charge in [0.15, 0.2) is 5.84 Å². The summed E-state index contributed by atoms with van der Waals surface area (Å²) in [6.45, 7) is 4.56. The van der Waals surface area contributed by atoms with Gasteiger partial charge in [-0.05, 0) is 78.1 Å². The third-order valence-corrected chi connectivity index (χ3v) is 9.30. The van der Waals surface area contributed by atoms with Crippen molar-refractivity contribution in [2.75, 3.05) is 0 Å². The van der Waals surface area contributed by atoms with Crippen molar-refractivity contribution in [3.05, 3.63) is 162 Å². The van der Waals surface area contributed by atoms with E-state index in [-0.39, 0.29) is 0 Å². The molecule has 0 aliphatic rings. The van der Waals surface area contributed by atoms with Crippen molar-refractivity contribution < 1.29 is 4.42 Å². The number of nitrogens with two attached hydrogens (primary N) is 1. The van der Waals surface area contributed by atoms with E-state index in [9.17, 15) is 0 Å². The van der Waals surface area contributed by atoms with Gasteiger partial charge >= 0.3 is 0 Å². The Morgan fingerprint density at radius 2 is 1.45 bits per heavy atom. The van der Waals surface area contributed by atoms with Gasteiger partial charge in [-0.3, -0.25) is 4.99 Å². The summed E-state index contributed by atoms with van der Waals surface area (Å²) >= 11 is 0. The van der Waals surface area contributed by atoms with Crippen molar-refractivity contribution in [1.82, 2.24) is 4.57 Å². The molecule has 0 amide bonds. The average Bonchev–Trinajstić information content (AvgIpc) is 3.69. The molecule has 0 radical (unpaired) electrons. The van der Waals surface area contributed by atoms with Crippen LogP contribution < -0.4 is 5.73 Å². The van der Waals surface area contributed by atoms with E-state index in [2.05, 4.69) is 121 Å². The Hall–Kier alpha value is -6.20. The monoisotopic (exact) mass is 636 g/mol. The standard InChI is InChI=1S/C44H36N4O/c1-3-30(4-2)43(45)47-44(46-28-29-14-7-5-8-15-29)35-19-13-21-41-42(35)37-27-33(23-25-40(37)49-41)48-38-20-12-11-18-34(38)36-26-32(22-24-39(36)48)31-16-9-6-10-17-31/h3,5-27H,4,28H2,1-2H3,(H2,45,46,47)/b30-3+. The van der Waals surface area contributed by atoms with Crippen molar-refractivity contribution >= 4 is 55.4 Å². The molecule has 49 heavy (non-hydrogen) atoms. The Kier molecular flexibility index (Phi) is 7.86. The summed E-state index contributed by atoms with van der Waals surface area (Å²) in [5.74, 6) is 1.06. The first kappa shape index (κ1) is 30.2. The minimum atomic E-state index is 0.474. The first-order valence-corrected chi connectivity index (χ1v) is 16.8. The van der Waals surface area contributed by atoms with Crippen molar-refractivity contribution in [1.29, 1.82) is 0 Å². The van der Waals surface area contributed by atoms with Gasteiger partial charge in [0, 0.05) is 32.8 Å². The lowest BCUT2D eigenvalue weighted by Crippen LogP contribution is -2.17. The van der Waals surface area contributed by atoms with Crippen molar-refractivity contribution in [3.63, 3.8) is 0 Å². The Morgan fingerprint density at radius 1 is 0.694 bits per heavy atom. The average molecular weight is 637 g/mol. The molecule has 8 aromatic rings. The first-order chi connectivity index (χ1) is 24.1. The number of aliphatic imine (C=N–C) groups is 2.